The number of oxime groups is 1. The number of β-lactam (4-membered cyclic amide) rings is 1. The predicted molar refractivity (Wildman–Crippen MR) is 89.0 cm³/mol. The first-order chi connectivity index (χ1) is 12.4. The molecule has 2 aliphatic heterocycles. The summed E-state index contributed by atoms with van der Waals surface area (Å²) in [5, 5.41) is 35.8. The molecule has 2 atom stereocenters. The van der Waals surface area contributed by atoms with Crippen LogP contribution in [0.1, 0.15) is 5.69 Å². The standard InChI is InChI=1S/C13H13N5O6S2.Na/c14-13-15-5(3-26-13)6(17-24)9(20)16-7-10(21)18-8(12(22)23)4(1-19)2-25-11(7)18;/h3,7,11,19,24H,1-2H2,(H2,14,15)(H,16,20)(H,22,23);/q;+1/p-1/b17-6+;. The zero-order valence-corrected chi connectivity index (χ0v) is 17.5. The Kier molecular flexibility index (Phi) is 6.88. The van der Waals surface area contributed by atoms with E-state index in [4.69, 9.17) is 10.9 Å². The Balaban J connectivity index is 0.00000261. The van der Waals surface area contributed by atoms with Crippen LogP contribution >= 0.6 is 23.1 Å². The molecular formula is C13H12N5NaO6S2. The molecule has 5 N–H and O–H groups in total. The van der Waals surface area contributed by atoms with Crippen LogP contribution in [0.5, 0.6) is 0 Å². The van der Waals surface area contributed by atoms with Crippen molar-refractivity contribution < 1.29 is 59.4 Å². The van der Waals surface area contributed by atoms with Crippen LogP contribution in [0.15, 0.2) is 21.8 Å². The summed E-state index contributed by atoms with van der Waals surface area (Å²) in [6, 6.07) is -1.02. The largest absolute Gasteiger partial charge is 1.00 e. The Morgan fingerprint density at radius 3 is 2.74 bits per heavy atom. The Hall–Kier alpha value is -1.64. The summed E-state index contributed by atoms with van der Waals surface area (Å²) in [5.74, 6) is -2.93. The molecule has 138 valence electrons. The molecule has 2 amide bonds. The molecule has 27 heavy (non-hydrogen) atoms. The van der Waals surface area contributed by atoms with Gasteiger partial charge in [-0.05, 0) is 5.57 Å². The van der Waals surface area contributed by atoms with E-state index < -0.39 is 41.5 Å². The Bertz CT molecular complexity index is 856. The molecule has 0 saturated carbocycles. The summed E-state index contributed by atoms with van der Waals surface area (Å²) in [6.45, 7) is -0.517. The number of carbonyl (C=O) groups excluding carboxylic acids is 3. The van der Waals surface area contributed by atoms with Crippen LogP contribution in [0, 0.1) is 0 Å². The quantitative estimate of drug-likeness (QED) is 0.118. The minimum atomic E-state index is -1.58. The van der Waals surface area contributed by atoms with Gasteiger partial charge in [0.2, 0.25) is 0 Å². The summed E-state index contributed by atoms with van der Waals surface area (Å²) in [7, 11) is 0. The van der Waals surface area contributed by atoms with Gasteiger partial charge in [-0.25, -0.2) is 4.98 Å². The van der Waals surface area contributed by atoms with Gasteiger partial charge in [-0.2, -0.15) is 0 Å². The van der Waals surface area contributed by atoms with E-state index in [1.165, 1.54) is 17.1 Å². The van der Waals surface area contributed by atoms with Crippen LogP contribution in [0.3, 0.4) is 0 Å². The van der Waals surface area contributed by atoms with Crippen molar-refractivity contribution in [2.75, 3.05) is 18.1 Å². The molecule has 0 radical (unpaired) electrons. The van der Waals surface area contributed by atoms with E-state index in [9.17, 15) is 24.6 Å². The number of carbonyl (C=O) groups is 3. The summed E-state index contributed by atoms with van der Waals surface area (Å²) >= 11 is 2.23. The molecule has 1 aromatic rings. The molecule has 11 nitrogen and oxygen atoms in total. The van der Waals surface area contributed by atoms with Gasteiger partial charge in [0.1, 0.15) is 17.1 Å². The number of nitrogens with one attached hydrogen (secondary N) is 1. The van der Waals surface area contributed by atoms with Gasteiger partial charge in [0, 0.05) is 11.1 Å². The summed E-state index contributed by atoms with van der Waals surface area (Å²) in [4.78, 5) is 40.7. The number of aliphatic carboxylic acids is 1. The topological polar surface area (TPSA) is 181 Å². The zero-order valence-electron chi connectivity index (χ0n) is 13.9. The van der Waals surface area contributed by atoms with Crippen molar-refractivity contribution in [2.24, 2.45) is 5.16 Å². The van der Waals surface area contributed by atoms with Crippen molar-refractivity contribution in [1.29, 1.82) is 0 Å². The third-order valence-electron chi connectivity index (χ3n) is 3.80. The number of nitrogens with zero attached hydrogens (tertiary/aromatic N) is 3. The number of aliphatic hydroxyl groups is 1. The van der Waals surface area contributed by atoms with Crippen LogP contribution in [0.2, 0.25) is 0 Å². The fourth-order valence-corrected chi connectivity index (χ4v) is 4.50. The number of aromatic nitrogens is 1. The molecule has 0 aliphatic carbocycles. The number of anilines is 1. The maximum absolute atomic E-state index is 12.3. The molecule has 2 aliphatic rings. The first kappa shape index (κ1) is 21.7. The van der Waals surface area contributed by atoms with Gasteiger partial charge in [0.25, 0.3) is 11.8 Å². The minimum absolute atomic E-state index is 0. The fourth-order valence-electron chi connectivity index (χ4n) is 2.61. The summed E-state index contributed by atoms with van der Waals surface area (Å²) < 4.78 is 0. The number of thiazole rings is 1. The molecule has 0 spiro atoms. The average Bonchev–Trinajstić information content (AvgIpc) is 3.04. The third kappa shape index (κ3) is 3.83. The van der Waals surface area contributed by atoms with Crippen LogP contribution < -0.4 is 45.7 Å². The van der Waals surface area contributed by atoms with E-state index in [-0.39, 0.29) is 57.4 Å². The normalized spacial score (nSPS) is 21.9. The Morgan fingerprint density at radius 2 is 2.22 bits per heavy atom. The van der Waals surface area contributed by atoms with Gasteiger partial charge in [0.15, 0.2) is 10.8 Å². The van der Waals surface area contributed by atoms with Crippen LogP contribution in [-0.4, -0.2) is 67.5 Å². The second-order valence-corrected chi connectivity index (χ2v) is 7.27. The molecule has 1 aromatic heterocycles. The van der Waals surface area contributed by atoms with Gasteiger partial charge in [-0.1, -0.05) is 5.16 Å². The number of thioether (sulfide) groups is 1. The number of amides is 2. The number of nitrogen functional groups attached to an aromatic ring is 1. The minimum Gasteiger partial charge on any atom is -0.543 e. The van der Waals surface area contributed by atoms with Gasteiger partial charge < -0.3 is 31.3 Å². The predicted octanol–water partition coefficient (Wildman–Crippen LogP) is -5.70. The molecule has 1 fully saturated rings. The Labute approximate surface area is 182 Å². The van der Waals surface area contributed by atoms with E-state index in [2.05, 4.69) is 15.5 Å². The second-order valence-electron chi connectivity index (χ2n) is 5.28. The third-order valence-corrected chi connectivity index (χ3v) is 5.81. The van der Waals surface area contributed by atoms with Gasteiger partial charge >= 0.3 is 29.6 Å². The van der Waals surface area contributed by atoms with Crippen LogP contribution in [-0.2, 0) is 14.4 Å². The number of aliphatic hydroxyl groups excluding tert-OH is 1. The van der Waals surface area contributed by atoms with Crippen molar-refractivity contribution in [3.8, 4) is 0 Å². The number of nitrogens with two attached hydrogens (primary N) is 1. The van der Waals surface area contributed by atoms with Gasteiger partial charge in [0.05, 0.1) is 18.3 Å². The molecular weight excluding hydrogens is 409 g/mol. The SMILES string of the molecule is Nc1nc(/C(=N\O)C(=O)NC2C(=O)N3C(C(=O)[O-])=C(CO)CSC23)cs1.[Na+]. The van der Waals surface area contributed by atoms with E-state index in [1.54, 1.807) is 0 Å². The first-order valence-electron chi connectivity index (χ1n) is 7.12. The molecule has 0 bridgehead atoms. The molecule has 0 aromatic carbocycles. The zero-order chi connectivity index (χ0) is 19.0. The smallest absolute Gasteiger partial charge is 0.543 e. The maximum Gasteiger partial charge on any atom is 1.00 e. The van der Waals surface area contributed by atoms with E-state index in [0.717, 1.165) is 16.2 Å². The fraction of sp³-hybridized carbons (Fsp3) is 0.308. The second kappa shape index (κ2) is 8.58. The van der Waals surface area contributed by atoms with Crippen molar-refractivity contribution >= 4 is 51.7 Å². The number of carboxylic acid groups (broad SMARTS) is 1. The van der Waals surface area contributed by atoms with E-state index in [0.29, 0.717) is 0 Å². The van der Waals surface area contributed by atoms with E-state index in [1.807, 2.05) is 0 Å². The van der Waals surface area contributed by atoms with E-state index >= 15 is 0 Å². The summed E-state index contributed by atoms with van der Waals surface area (Å²) in [6.07, 6.45) is 0. The molecule has 2 unspecified atom stereocenters. The number of hydrogen-bond acceptors (Lipinski definition) is 11. The molecule has 3 heterocycles. The maximum atomic E-state index is 12.3. The number of rotatable bonds is 5. The first-order valence-corrected chi connectivity index (χ1v) is 9.05. The molecule has 14 heteroatoms. The van der Waals surface area contributed by atoms with Gasteiger partial charge in [-0.3, -0.25) is 14.5 Å². The molecule has 3 rings (SSSR count). The average molecular weight is 421 g/mol. The van der Waals surface area contributed by atoms with Gasteiger partial charge in [-0.15, -0.1) is 23.1 Å². The van der Waals surface area contributed by atoms with Crippen LogP contribution in [0.25, 0.3) is 0 Å². The number of hydrogen-bond donors (Lipinski definition) is 4. The monoisotopic (exact) mass is 421 g/mol. The van der Waals surface area contributed by atoms with Crippen molar-refractivity contribution in [3.63, 3.8) is 0 Å². The van der Waals surface area contributed by atoms with Crippen molar-refractivity contribution in [2.45, 2.75) is 11.4 Å². The number of fused-ring (bicyclic) bond motifs is 1. The molecule has 1 saturated heterocycles. The number of carboxylic acids is 1. The van der Waals surface area contributed by atoms with Crippen molar-refractivity contribution in [3.05, 3.63) is 22.3 Å². The van der Waals surface area contributed by atoms with Crippen LogP contribution in [0.4, 0.5) is 5.13 Å². The van der Waals surface area contributed by atoms with Crippen molar-refractivity contribution in [1.82, 2.24) is 15.2 Å². The Morgan fingerprint density at radius 1 is 1.52 bits per heavy atom. The summed E-state index contributed by atoms with van der Waals surface area (Å²) in [5.41, 5.74) is 4.89.